The fourth-order valence-corrected chi connectivity index (χ4v) is 1.49. The maximum atomic E-state index is 5.58. The van der Waals surface area contributed by atoms with Crippen molar-refractivity contribution in [3.63, 3.8) is 0 Å². The molecule has 0 fully saturated rings. The van der Waals surface area contributed by atoms with Crippen LogP contribution >= 0.6 is 0 Å². The van der Waals surface area contributed by atoms with Gasteiger partial charge in [-0.1, -0.05) is 6.07 Å². The summed E-state index contributed by atoms with van der Waals surface area (Å²) in [5, 5.41) is 3.07. The Labute approximate surface area is 111 Å². The van der Waals surface area contributed by atoms with Crippen molar-refractivity contribution in [2.45, 2.75) is 13.3 Å². The van der Waals surface area contributed by atoms with Crippen molar-refractivity contribution in [3.8, 4) is 6.01 Å². The third kappa shape index (κ3) is 4.06. The van der Waals surface area contributed by atoms with Crippen LogP contribution in [0.2, 0.25) is 0 Å². The molecule has 2 aromatic rings. The van der Waals surface area contributed by atoms with Gasteiger partial charge in [-0.2, -0.15) is 15.0 Å². The van der Waals surface area contributed by atoms with Crippen molar-refractivity contribution in [2.75, 3.05) is 24.2 Å². The number of pyridine rings is 1. The minimum atomic E-state index is 0.138. The lowest BCUT2D eigenvalue weighted by Gasteiger charge is -2.07. The molecule has 2 aromatic heterocycles. The van der Waals surface area contributed by atoms with Crippen LogP contribution < -0.4 is 15.8 Å². The van der Waals surface area contributed by atoms with Crippen molar-refractivity contribution < 1.29 is 4.74 Å². The molecule has 2 rings (SSSR count). The number of nitrogen functional groups attached to an aromatic ring is 1. The van der Waals surface area contributed by atoms with E-state index in [0.29, 0.717) is 19.1 Å². The number of nitrogens with one attached hydrogen (secondary N) is 1. The zero-order valence-electron chi connectivity index (χ0n) is 10.7. The van der Waals surface area contributed by atoms with Gasteiger partial charge in [0.1, 0.15) is 0 Å². The Hall–Kier alpha value is -2.44. The SMILES string of the molecule is CCOc1nc(N)nc(NCCc2ccccn2)n1. The third-order valence-corrected chi connectivity index (χ3v) is 2.30. The van der Waals surface area contributed by atoms with E-state index in [0.717, 1.165) is 12.1 Å². The normalized spacial score (nSPS) is 10.2. The lowest BCUT2D eigenvalue weighted by atomic mass is 10.3. The van der Waals surface area contributed by atoms with Crippen LogP contribution in [0.3, 0.4) is 0 Å². The Morgan fingerprint density at radius 2 is 2.16 bits per heavy atom. The molecule has 2 heterocycles. The molecule has 0 aliphatic carbocycles. The maximum absolute atomic E-state index is 5.58. The average Bonchev–Trinajstić information content (AvgIpc) is 2.40. The van der Waals surface area contributed by atoms with Gasteiger partial charge in [0.15, 0.2) is 0 Å². The molecule has 0 aliphatic rings. The Morgan fingerprint density at radius 3 is 2.89 bits per heavy atom. The van der Waals surface area contributed by atoms with Crippen LogP contribution in [-0.4, -0.2) is 33.1 Å². The molecular weight excluding hydrogens is 244 g/mol. The van der Waals surface area contributed by atoms with E-state index in [9.17, 15) is 0 Å². The highest BCUT2D eigenvalue weighted by molar-refractivity contribution is 5.32. The number of nitrogens with zero attached hydrogens (tertiary/aromatic N) is 4. The quantitative estimate of drug-likeness (QED) is 0.796. The largest absolute Gasteiger partial charge is 0.464 e. The van der Waals surface area contributed by atoms with Crippen LogP contribution in [0.4, 0.5) is 11.9 Å². The van der Waals surface area contributed by atoms with E-state index in [1.165, 1.54) is 0 Å². The summed E-state index contributed by atoms with van der Waals surface area (Å²) in [6.45, 7) is 3.00. The first-order valence-corrected chi connectivity index (χ1v) is 6.06. The minimum Gasteiger partial charge on any atom is -0.464 e. The first kappa shape index (κ1) is 13.0. The highest BCUT2D eigenvalue weighted by Gasteiger charge is 2.04. The zero-order valence-corrected chi connectivity index (χ0v) is 10.7. The maximum Gasteiger partial charge on any atom is 0.323 e. The van der Waals surface area contributed by atoms with E-state index in [1.807, 2.05) is 25.1 Å². The summed E-state index contributed by atoms with van der Waals surface area (Å²) < 4.78 is 5.20. The molecule has 0 spiro atoms. The van der Waals surface area contributed by atoms with Crippen molar-refractivity contribution in [2.24, 2.45) is 0 Å². The van der Waals surface area contributed by atoms with E-state index >= 15 is 0 Å². The third-order valence-electron chi connectivity index (χ3n) is 2.30. The van der Waals surface area contributed by atoms with Crippen LogP contribution in [0.15, 0.2) is 24.4 Å². The summed E-state index contributed by atoms with van der Waals surface area (Å²) in [5.41, 5.74) is 6.58. The first-order chi connectivity index (χ1) is 9.28. The van der Waals surface area contributed by atoms with Gasteiger partial charge in [0.05, 0.1) is 6.61 Å². The standard InChI is InChI=1S/C12H16N6O/c1-2-19-12-17-10(13)16-11(18-12)15-8-6-9-5-3-4-7-14-9/h3-5,7H,2,6,8H2,1H3,(H3,13,15,16,17,18). The van der Waals surface area contributed by atoms with Gasteiger partial charge < -0.3 is 15.8 Å². The van der Waals surface area contributed by atoms with Crippen LogP contribution in [-0.2, 0) is 6.42 Å². The van der Waals surface area contributed by atoms with Gasteiger partial charge in [0, 0.05) is 24.9 Å². The number of ether oxygens (including phenoxy) is 1. The van der Waals surface area contributed by atoms with Crippen molar-refractivity contribution in [1.82, 2.24) is 19.9 Å². The number of hydrogen-bond donors (Lipinski definition) is 2. The molecule has 100 valence electrons. The number of rotatable bonds is 6. The van der Waals surface area contributed by atoms with Gasteiger partial charge >= 0.3 is 6.01 Å². The molecule has 0 aromatic carbocycles. The molecule has 7 heteroatoms. The number of nitrogens with two attached hydrogens (primary N) is 1. The van der Waals surface area contributed by atoms with Crippen molar-refractivity contribution in [1.29, 1.82) is 0 Å². The van der Waals surface area contributed by atoms with Gasteiger partial charge in [0.2, 0.25) is 11.9 Å². The fraction of sp³-hybridized carbons (Fsp3) is 0.333. The monoisotopic (exact) mass is 260 g/mol. The highest BCUT2D eigenvalue weighted by Crippen LogP contribution is 2.08. The summed E-state index contributed by atoms with van der Waals surface area (Å²) in [7, 11) is 0. The van der Waals surface area contributed by atoms with Gasteiger partial charge in [-0.05, 0) is 19.1 Å². The van der Waals surface area contributed by atoms with Gasteiger partial charge in [-0.25, -0.2) is 0 Å². The number of aromatic nitrogens is 4. The first-order valence-electron chi connectivity index (χ1n) is 6.06. The second-order valence-corrected chi connectivity index (χ2v) is 3.73. The van der Waals surface area contributed by atoms with Crippen molar-refractivity contribution >= 4 is 11.9 Å². The van der Waals surface area contributed by atoms with Gasteiger partial charge in [0.25, 0.3) is 0 Å². The van der Waals surface area contributed by atoms with E-state index < -0.39 is 0 Å². The van der Waals surface area contributed by atoms with Crippen molar-refractivity contribution in [3.05, 3.63) is 30.1 Å². The van der Waals surface area contributed by atoms with Crippen LogP contribution in [0, 0.1) is 0 Å². The molecule has 0 amide bonds. The van der Waals surface area contributed by atoms with Crippen LogP contribution in [0.1, 0.15) is 12.6 Å². The second-order valence-electron chi connectivity index (χ2n) is 3.73. The molecule has 7 nitrogen and oxygen atoms in total. The number of hydrogen-bond acceptors (Lipinski definition) is 7. The smallest absolute Gasteiger partial charge is 0.323 e. The predicted molar refractivity (Wildman–Crippen MR) is 71.8 cm³/mol. The summed E-state index contributed by atoms with van der Waals surface area (Å²) in [5.74, 6) is 0.547. The van der Waals surface area contributed by atoms with Gasteiger partial charge in [-0.3, -0.25) is 4.98 Å². The zero-order chi connectivity index (χ0) is 13.5. The molecule has 3 N–H and O–H groups in total. The molecule has 0 atom stereocenters. The summed E-state index contributed by atoms with van der Waals surface area (Å²) in [6.07, 6.45) is 2.54. The Morgan fingerprint density at radius 1 is 1.26 bits per heavy atom. The highest BCUT2D eigenvalue weighted by atomic mass is 16.5. The average molecular weight is 260 g/mol. The lowest BCUT2D eigenvalue weighted by molar-refractivity contribution is 0.312. The number of anilines is 2. The predicted octanol–water partition coefficient (Wildman–Crippen LogP) is 0.902. The minimum absolute atomic E-state index is 0.138. The van der Waals surface area contributed by atoms with E-state index in [-0.39, 0.29) is 12.0 Å². The van der Waals surface area contributed by atoms with Crippen LogP contribution in [0.5, 0.6) is 6.01 Å². The topological polar surface area (TPSA) is 98.8 Å². The molecule has 0 bridgehead atoms. The van der Waals surface area contributed by atoms with Crippen LogP contribution in [0.25, 0.3) is 0 Å². The molecular formula is C12H16N6O. The lowest BCUT2D eigenvalue weighted by Crippen LogP contribution is -2.12. The molecule has 0 radical (unpaired) electrons. The Kier molecular flexibility index (Phi) is 4.44. The molecule has 19 heavy (non-hydrogen) atoms. The summed E-state index contributed by atoms with van der Waals surface area (Å²) >= 11 is 0. The summed E-state index contributed by atoms with van der Waals surface area (Å²) in [6, 6.07) is 6.04. The second kappa shape index (κ2) is 6.48. The van der Waals surface area contributed by atoms with E-state index in [4.69, 9.17) is 10.5 Å². The van der Waals surface area contributed by atoms with Gasteiger partial charge in [-0.15, -0.1) is 0 Å². The van der Waals surface area contributed by atoms with E-state index in [2.05, 4.69) is 25.3 Å². The molecule has 0 aliphatic heterocycles. The molecule has 0 unspecified atom stereocenters. The Bertz CT molecular complexity index is 519. The Balaban J connectivity index is 1.92. The summed E-state index contributed by atoms with van der Waals surface area (Å²) in [4.78, 5) is 16.2. The van der Waals surface area contributed by atoms with E-state index in [1.54, 1.807) is 6.20 Å². The fourth-order valence-electron chi connectivity index (χ4n) is 1.49. The molecule has 0 saturated heterocycles. The molecule has 0 saturated carbocycles.